The minimum atomic E-state index is -1.24. The second-order valence-corrected chi connectivity index (χ2v) is 5.98. The number of nitrogens with one attached hydrogen (secondary N) is 2. The van der Waals surface area contributed by atoms with Crippen LogP contribution in [0.5, 0.6) is 0 Å². The Balaban J connectivity index is 2.12. The lowest BCUT2D eigenvalue weighted by molar-refractivity contribution is -0.151. The Morgan fingerprint density at radius 1 is 1.24 bits per heavy atom. The summed E-state index contributed by atoms with van der Waals surface area (Å²) < 4.78 is 5.23. The number of carbonyl (C=O) groups is 3. The molecule has 0 saturated heterocycles. The summed E-state index contributed by atoms with van der Waals surface area (Å²) in [7, 11) is 1.38. The number of thiazole rings is 1. The molecular formula is C17H17N3O4S. The first-order valence-corrected chi connectivity index (χ1v) is 8.26. The third-order valence-electron chi connectivity index (χ3n) is 3.07. The van der Waals surface area contributed by atoms with Gasteiger partial charge in [0.1, 0.15) is 0 Å². The Morgan fingerprint density at radius 3 is 2.56 bits per heavy atom. The van der Waals surface area contributed by atoms with E-state index in [9.17, 15) is 14.4 Å². The Kier molecular flexibility index (Phi) is 6.41. The molecule has 1 unspecified atom stereocenters. The van der Waals surface area contributed by atoms with Crippen LogP contribution < -0.4 is 10.6 Å². The number of amides is 3. The van der Waals surface area contributed by atoms with Gasteiger partial charge in [-0.25, -0.2) is 14.6 Å². The maximum atomic E-state index is 12.2. The molecule has 0 saturated carbocycles. The molecule has 2 N–H and O–H groups in total. The molecule has 2 aromatic rings. The van der Waals surface area contributed by atoms with E-state index in [0.717, 1.165) is 5.01 Å². The number of esters is 1. The predicted molar refractivity (Wildman–Crippen MR) is 93.8 cm³/mol. The summed E-state index contributed by atoms with van der Waals surface area (Å²) in [5.41, 5.74) is 1.08. The summed E-state index contributed by atoms with van der Waals surface area (Å²) in [6.07, 6.45) is 1.45. The van der Waals surface area contributed by atoms with E-state index in [-0.39, 0.29) is 0 Å². The molecule has 1 aromatic heterocycles. The number of benzene rings is 1. The predicted octanol–water partition coefficient (Wildman–Crippen LogP) is 2.20. The number of urea groups is 1. The molecule has 0 spiro atoms. The number of hydrogen-bond acceptors (Lipinski definition) is 6. The third kappa shape index (κ3) is 5.54. The topological polar surface area (TPSA) is 97.4 Å². The van der Waals surface area contributed by atoms with Crippen molar-refractivity contribution in [2.75, 3.05) is 7.05 Å². The van der Waals surface area contributed by atoms with E-state index >= 15 is 0 Å². The van der Waals surface area contributed by atoms with E-state index in [0.29, 0.717) is 11.3 Å². The summed E-state index contributed by atoms with van der Waals surface area (Å²) >= 11 is 1.46. The lowest BCUT2D eigenvalue weighted by Gasteiger charge is -2.16. The molecule has 1 aromatic carbocycles. The average molecular weight is 359 g/mol. The van der Waals surface area contributed by atoms with Gasteiger partial charge in [0.05, 0.1) is 10.7 Å². The average Bonchev–Trinajstić information content (AvgIpc) is 3.03. The lowest BCUT2D eigenvalue weighted by atomic mass is 10.1. The Labute approximate surface area is 148 Å². The molecule has 0 aliphatic rings. The Bertz CT molecular complexity index is 786. The summed E-state index contributed by atoms with van der Waals surface area (Å²) in [5, 5.41) is 7.05. The highest BCUT2D eigenvalue weighted by molar-refractivity contribution is 7.09. The van der Waals surface area contributed by atoms with Gasteiger partial charge in [-0.15, -0.1) is 11.3 Å². The number of nitrogens with zero attached hydrogens (tertiary/aromatic N) is 1. The number of aromatic nitrogens is 1. The standard InChI is InChI=1S/C17H17N3O4S/c1-11-19-13(10-25-11)8-9-14(21)24-15(12-6-4-3-5-7-12)16(22)20-17(23)18-2/h3-10,15H,1-2H3,(H2,18,20,22,23)/b9-8+. The van der Waals surface area contributed by atoms with Crippen LogP contribution in [0.3, 0.4) is 0 Å². The first-order chi connectivity index (χ1) is 12.0. The molecule has 8 heteroatoms. The molecule has 1 heterocycles. The molecule has 130 valence electrons. The number of ether oxygens (including phenoxy) is 1. The maximum absolute atomic E-state index is 12.2. The lowest BCUT2D eigenvalue weighted by Crippen LogP contribution is -2.41. The van der Waals surface area contributed by atoms with Crippen molar-refractivity contribution in [1.82, 2.24) is 15.6 Å². The van der Waals surface area contributed by atoms with Gasteiger partial charge in [0.2, 0.25) is 6.10 Å². The molecule has 0 radical (unpaired) electrons. The van der Waals surface area contributed by atoms with Gasteiger partial charge in [0, 0.05) is 24.1 Å². The number of rotatable bonds is 5. The number of hydrogen-bond donors (Lipinski definition) is 2. The van der Waals surface area contributed by atoms with Crippen molar-refractivity contribution in [3.63, 3.8) is 0 Å². The molecule has 0 aliphatic carbocycles. The fourth-order valence-corrected chi connectivity index (χ4v) is 2.49. The van der Waals surface area contributed by atoms with Crippen molar-refractivity contribution in [2.45, 2.75) is 13.0 Å². The van der Waals surface area contributed by atoms with Crippen LogP contribution in [0.1, 0.15) is 22.4 Å². The number of carbonyl (C=O) groups excluding carboxylic acids is 3. The monoisotopic (exact) mass is 359 g/mol. The Hall–Kier alpha value is -3.00. The van der Waals surface area contributed by atoms with Crippen LogP contribution in [-0.4, -0.2) is 29.9 Å². The minimum Gasteiger partial charge on any atom is -0.444 e. The van der Waals surface area contributed by atoms with Crippen LogP contribution in [-0.2, 0) is 14.3 Å². The molecule has 2 rings (SSSR count). The fraction of sp³-hybridized carbons (Fsp3) is 0.176. The largest absolute Gasteiger partial charge is 0.444 e. The van der Waals surface area contributed by atoms with Crippen molar-refractivity contribution in [3.8, 4) is 0 Å². The second kappa shape index (κ2) is 8.74. The number of aryl methyl sites for hydroxylation is 1. The Morgan fingerprint density at radius 2 is 1.96 bits per heavy atom. The summed E-state index contributed by atoms with van der Waals surface area (Å²) in [5.74, 6) is -1.46. The normalized spacial score (nSPS) is 11.8. The van der Waals surface area contributed by atoms with Crippen LogP contribution >= 0.6 is 11.3 Å². The van der Waals surface area contributed by atoms with E-state index in [4.69, 9.17) is 4.74 Å². The zero-order valence-electron chi connectivity index (χ0n) is 13.7. The minimum absolute atomic E-state index is 0.454. The van der Waals surface area contributed by atoms with Crippen LogP contribution in [0.4, 0.5) is 4.79 Å². The van der Waals surface area contributed by atoms with E-state index in [1.54, 1.807) is 35.7 Å². The maximum Gasteiger partial charge on any atom is 0.331 e. The van der Waals surface area contributed by atoms with Gasteiger partial charge in [0.25, 0.3) is 5.91 Å². The molecule has 1 atom stereocenters. The zero-order valence-corrected chi connectivity index (χ0v) is 14.5. The van der Waals surface area contributed by atoms with E-state index in [1.165, 1.54) is 30.5 Å². The highest BCUT2D eigenvalue weighted by Gasteiger charge is 2.25. The summed E-state index contributed by atoms with van der Waals surface area (Å²) in [6.45, 7) is 1.86. The highest BCUT2D eigenvalue weighted by Crippen LogP contribution is 2.18. The molecular weight excluding hydrogens is 342 g/mol. The molecule has 0 bridgehead atoms. The van der Waals surface area contributed by atoms with Crippen LogP contribution in [0.15, 0.2) is 41.8 Å². The molecule has 3 amide bonds. The van der Waals surface area contributed by atoms with E-state index in [1.807, 2.05) is 6.92 Å². The third-order valence-corrected chi connectivity index (χ3v) is 3.86. The van der Waals surface area contributed by atoms with Crippen molar-refractivity contribution in [2.24, 2.45) is 0 Å². The van der Waals surface area contributed by atoms with Crippen molar-refractivity contribution < 1.29 is 19.1 Å². The van der Waals surface area contributed by atoms with Crippen LogP contribution in [0.2, 0.25) is 0 Å². The summed E-state index contributed by atoms with van der Waals surface area (Å²) in [6, 6.07) is 7.76. The van der Waals surface area contributed by atoms with Crippen molar-refractivity contribution in [1.29, 1.82) is 0 Å². The van der Waals surface area contributed by atoms with Crippen LogP contribution in [0, 0.1) is 6.92 Å². The first-order valence-electron chi connectivity index (χ1n) is 7.38. The van der Waals surface area contributed by atoms with Crippen molar-refractivity contribution in [3.05, 3.63) is 58.1 Å². The molecule has 0 aliphatic heterocycles. The van der Waals surface area contributed by atoms with Gasteiger partial charge >= 0.3 is 12.0 Å². The van der Waals surface area contributed by atoms with E-state index in [2.05, 4.69) is 15.6 Å². The van der Waals surface area contributed by atoms with Gasteiger partial charge in [-0.3, -0.25) is 10.1 Å². The fourth-order valence-electron chi connectivity index (χ4n) is 1.91. The SMILES string of the molecule is CNC(=O)NC(=O)C(OC(=O)/C=C/c1csc(C)n1)c1ccccc1. The quantitative estimate of drug-likeness (QED) is 0.630. The molecule has 7 nitrogen and oxygen atoms in total. The van der Waals surface area contributed by atoms with Gasteiger partial charge < -0.3 is 10.1 Å². The van der Waals surface area contributed by atoms with E-state index < -0.39 is 24.0 Å². The highest BCUT2D eigenvalue weighted by atomic mass is 32.1. The first kappa shape index (κ1) is 18.3. The molecule has 0 fully saturated rings. The van der Waals surface area contributed by atoms with Crippen molar-refractivity contribution >= 4 is 35.3 Å². The van der Waals surface area contributed by atoms with Gasteiger partial charge in [-0.1, -0.05) is 30.3 Å². The smallest absolute Gasteiger partial charge is 0.331 e. The van der Waals surface area contributed by atoms with Gasteiger partial charge in [-0.05, 0) is 13.0 Å². The molecule has 25 heavy (non-hydrogen) atoms. The second-order valence-electron chi connectivity index (χ2n) is 4.92. The van der Waals surface area contributed by atoms with Gasteiger partial charge in [0.15, 0.2) is 0 Å². The zero-order chi connectivity index (χ0) is 18.2. The van der Waals surface area contributed by atoms with Gasteiger partial charge in [-0.2, -0.15) is 0 Å². The number of imide groups is 1. The van der Waals surface area contributed by atoms with Crippen LogP contribution in [0.25, 0.3) is 6.08 Å². The summed E-state index contributed by atoms with van der Waals surface area (Å²) in [4.78, 5) is 39.8.